The minimum absolute atomic E-state index is 0.330. The zero-order chi connectivity index (χ0) is 24.2. The van der Waals surface area contributed by atoms with Crippen molar-refractivity contribution in [2.24, 2.45) is 11.1 Å². The van der Waals surface area contributed by atoms with E-state index in [0.29, 0.717) is 11.2 Å². The van der Waals surface area contributed by atoms with Gasteiger partial charge in [-0.25, -0.2) is 0 Å². The highest BCUT2D eigenvalue weighted by Crippen LogP contribution is 2.42. The van der Waals surface area contributed by atoms with Crippen LogP contribution in [-0.4, -0.2) is 11.0 Å². The second-order valence-corrected chi connectivity index (χ2v) is 9.90. The second kappa shape index (κ2) is 14.2. The molecule has 176 valence electrons. The lowest BCUT2D eigenvalue weighted by molar-refractivity contribution is 0.400. The molecule has 0 radical (unpaired) electrons. The summed E-state index contributed by atoms with van der Waals surface area (Å²) in [4.78, 5) is 2.35. The summed E-state index contributed by atoms with van der Waals surface area (Å²) in [7, 11) is 0. The van der Waals surface area contributed by atoms with E-state index in [9.17, 15) is 0 Å². The molecule has 4 heteroatoms. The van der Waals surface area contributed by atoms with Gasteiger partial charge >= 0.3 is 0 Å². The van der Waals surface area contributed by atoms with Crippen LogP contribution < -0.4 is 0 Å². The third-order valence-electron chi connectivity index (χ3n) is 5.36. The van der Waals surface area contributed by atoms with Gasteiger partial charge in [0.2, 0.25) is 0 Å². The van der Waals surface area contributed by atoms with Crippen molar-refractivity contribution in [1.29, 1.82) is 0 Å². The Morgan fingerprint density at radius 3 is 2.33 bits per heavy atom. The van der Waals surface area contributed by atoms with Crippen molar-refractivity contribution in [3.63, 3.8) is 0 Å². The smallest absolute Gasteiger partial charge is 0.125 e. The van der Waals surface area contributed by atoms with Crippen LogP contribution >= 0.6 is 23.8 Å². The van der Waals surface area contributed by atoms with E-state index in [1.807, 2.05) is 32.5 Å². The Bertz CT molecular complexity index is 1060. The Morgan fingerprint density at radius 1 is 1.00 bits per heavy atom. The molecular weight excluding hydrogens is 442 g/mol. The van der Waals surface area contributed by atoms with Crippen LogP contribution in [0.1, 0.15) is 59.1 Å². The van der Waals surface area contributed by atoms with E-state index in [-0.39, 0.29) is 0 Å². The highest BCUT2D eigenvalue weighted by Gasteiger charge is 2.30. The van der Waals surface area contributed by atoms with E-state index in [2.05, 4.69) is 106 Å². The lowest BCUT2D eigenvalue weighted by Crippen LogP contribution is -2.27. The summed E-state index contributed by atoms with van der Waals surface area (Å²) in [5.74, 6) is 0.330. The summed E-state index contributed by atoms with van der Waals surface area (Å²) >= 11 is 3.24. The van der Waals surface area contributed by atoms with Crippen LogP contribution in [0.25, 0.3) is 10.8 Å². The molecule has 0 amide bonds. The van der Waals surface area contributed by atoms with E-state index in [4.69, 9.17) is 4.28 Å². The molecule has 0 fully saturated rings. The minimum Gasteiger partial charge on any atom is -0.317 e. The topological polar surface area (TPSA) is 21.6 Å². The fourth-order valence-electron chi connectivity index (χ4n) is 3.43. The first kappa shape index (κ1) is 27.1. The van der Waals surface area contributed by atoms with E-state index < -0.39 is 0 Å². The third-order valence-corrected chi connectivity index (χ3v) is 7.34. The van der Waals surface area contributed by atoms with Crippen molar-refractivity contribution in [2.45, 2.75) is 69.9 Å². The molecule has 2 atom stereocenters. The quantitative estimate of drug-likeness (QED) is 0.211. The number of thioether (sulfide) groups is 1. The van der Waals surface area contributed by atoms with Crippen molar-refractivity contribution < 1.29 is 4.28 Å². The van der Waals surface area contributed by atoms with Crippen molar-refractivity contribution in [3.8, 4) is 0 Å². The Morgan fingerprint density at radius 2 is 1.70 bits per heavy atom. The lowest BCUT2D eigenvalue weighted by atomic mass is 9.91. The van der Waals surface area contributed by atoms with Gasteiger partial charge in [0.05, 0.1) is 10.6 Å². The summed E-state index contributed by atoms with van der Waals surface area (Å²) in [5.41, 5.74) is 3.51. The van der Waals surface area contributed by atoms with Crippen molar-refractivity contribution in [2.75, 3.05) is 0 Å². The highest BCUT2D eigenvalue weighted by atomic mass is 32.2. The molecule has 0 saturated heterocycles. The minimum atomic E-state index is 0.330. The van der Waals surface area contributed by atoms with Gasteiger partial charge in [-0.1, -0.05) is 100.0 Å². The molecule has 0 aromatic heterocycles. The highest BCUT2D eigenvalue weighted by molar-refractivity contribution is 8.00. The average Bonchev–Trinajstić information content (AvgIpc) is 2.84. The van der Waals surface area contributed by atoms with E-state index in [1.54, 1.807) is 0 Å². The standard InChI is InChI=1S/C22H21NOS2.C5H10.C2H6/c1-14-8-11-18(12-9-14)26-24-23-22-15(2)16(3)25-20-13-10-17-6-4-5-7-19(17)21(20)22;1-3-5-4-2;1-2/h4-13,15-16H,1-3H3;3,5H,4H2,1-2H3;1-2H3/b23-22+;5-3-;. The van der Waals surface area contributed by atoms with Gasteiger partial charge in [-0.2, -0.15) is 0 Å². The molecule has 0 saturated carbocycles. The molecule has 2 unspecified atom stereocenters. The monoisotopic (exact) mass is 479 g/mol. The fourth-order valence-corrected chi connectivity index (χ4v) is 5.09. The predicted molar refractivity (Wildman–Crippen MR) is 150 cm³/mol. The number of allylic oxidation sites excluding steroid dienone is 2. The molecular formula is C29H37NOS2. The van der Waals surface area contributed by atoms with Gasteiger partial charge in [-0.3, -0.25) is 0 Å². The van der Waals surface area contributed by atoms with Crippen LogP contribution in [-0.2, 0) is 4.28 Å². The van der Waals surface area contributed by atoms with Gasteiger partial charge in [-0.05, 0) is 49.2 Å². The van der Waals surface area contributed by atoms with Crippen molar-refractivity contribution in [1.82, 2.24) is 0 Å². The number of aryl methyl sites for hydroxylation is 1. The molecule has 4 rings (SSSR count). The molecule has 0 spiro atoms. The molecule has 33 heavy (non-hydrogen) atoms. The molecule has 2 nitrogen and oxygen atoms in total. The number of hydrogen-bond donors (Lipinski definition) is 0. The number of nitrogens with zero attached hydrogens (tertiary/aromatic N) is 1. The van der Waals surface area contributed by atoms with Gasteiger partial charge in [-0.15, -0.1) is 11.8 Å². The number of fused-ring (bicyclic) bond motifs is 3. The van der Waals surface area contributed by atoms with Crippen LogP contribution in [0.4, 0.5) is 0 Å². The first-order chi connectivity index (χ1) is 16.0. The van der Waals surface area contributed by atoms with Crippen LogP contribution in [0, 0.1) is 12.8 Å². The van der Waals surface area contributed by atoms with E-state index in [0.717, 1.165) is 17.0 Å². The number of rotatable bonds is 4. The normalized spacial score (nSPS) is 18.2. The van der Waals surface area contributed by atoms with Gasteiger partial charge in [0, 0.05) is 21.6 Å². The predicted octanol–water partition coefficient (Wildman–Crippen LogP) is 9.71. The molecule has 0 bridgehead atoms. The first-order valence-corrected chi connectivity index (χ1v) is 13.5. The molecule has 1 aliphatic heterocycles. The van der Waals surface area contributed by atoms with Crippen LogP contribution in [0.3, 0.4) is 0 Å². The zero-order valence-electron chi connectivity index (χ0n) is 21.0. The van der Waals surface area contributed by atoms with Crippen LogP contribution in [0.2, 0.25) is 0 Å². The summed E-state index contributed by atoms with van der Waals surface area (Å²) in [6, 6.07) is 21.2. The lowest BCUT2D eigenvalue weighted by Gasteiger charge is -2.29. The molecule has 1 heterocycles. The second-order valence-electron chi connectivity index (χ2n) is 7.70. The largest absolute Gasteiger partial charge is 0.317 e. The summed E-state index contributed by atoms with van der Waals surface area (Å²) in [6.45, 7) is 14.7. The zero-order valence-corrected chi connectivity index (χ0v) is 22.6. The maximum atomic E-state index is 5.72. The summed E-state index contributed by atoms with van der Waals surface area (Å²) < 4.78 is 5.72. The summed E-state index contributed by atoms with van der Waals surface area (Å²) in [5, 5.41) is 7.55. The molecule has 1 aliphatic rings. The Kier molecular flexibility index (Phi) is 11.6. The molecule has 3 aromatic rings. The van der Waals surface area contributed by atoms with E-state index >= 15 is 0 Å². The Labute approximate surface area is 209 Å². The van der Waals surface area contributed by atoms with Crippen LogP contribution in [0.5, 0.6) is 0 Å². The Balaban J connectivity index is 0.000000489. The maximum Gasteiger partial charge on any atom is 0.125 e. The van der Waals surface area contributed by atoms with E-state index in [1.165, 1.54) is 38.8 Å². The van der Waals surface area contributed by atoms with Crippen molar-refractivity contribution >= 4 is 40.3 Å². The van der Waals surface area contributed by atoms with Crippen LogP contribution in [0.15, 0.2) is 87.8 Å². The molecule has 0 aliphatic carbocycles. The molecule has 0 N–H and O–H groups in total. The first-order valence-electron chi connectivity index (χ1n) is 11.8. The maximum absolute atomic E-state index is 5.72. The Hall–Kier alpha value is -2.17. The van der Waals surface area contributed by atoms with Gasteiger partial charge in [0.1, 0.15) is 12.0 Å². The number of hydrogen-bond acceptors (Lipinski definition) is 4. The third kappa shape index (κ3) is 7.41. The van der Waals surface area contributed by atoms with Gasteiger partial charge in [0.25, 0.3) is 0 Å². The number of oxime groups is 1. The van der Waals surface area contributed by atoms with Gasteiger partial charge < -0.3 is 4.28 Å². The SMILES string of the molecule is C/C=C\CC.CC.Cc1ccc(SO/N=C2/c3c(ccc4ccccc34)SC(C)C2C)cc1. The number of benzene rings is 3. The fraction of sp³-hybridized carbons (Fsp3) is 0.345. The molecule has 3 aromatic carbocycles. The average molecular weight is 480 g/mol. The summed E-state index contributed by atoms with van der Waals surface area (Å²) in [6.07, 6.45) is 5.34. The van der Waals surface area contributed by atoms with Crippen molar-refractivity contribution in [3.05, 3.63) is 83.9 Å². The van der Waals surface area contributed by atoms with Gasteiger partial charge in [0.15, 0.2) is 0 Å².